The number of aromatic nitrogens is 2. The molecule has 1 N–H and O–H groups in total. The molecule has 7 heteroatoms. The Bertz CT molecular complexity index is 769. The minimum Gasteiger partial charge on any atom is -0.496 e. The Morgan fingerprint density at radius 3 is 2.57 bits per heavy atom. The van der Waals surface area contributed by atoms with Crippen molar-refractivity contribution in [3.63, 3.8) is 0 Å². The maximum Gasteiger partial charge on any atom is 0.258 e. The topological polar surface area (TPSA) is 65.5 Å². The van der Waals surface area contributed by atoms with Crippen molar-refractivity contribution in [3.8, 4) is 28.6 Å². The molecule has 0 amide bonds. The first-order valence-corrected chi connectivity index (χ1v) is 10.5. The number of methoxy groups -OCH3 is 1. The van der Waals surface area contributed by atoms with E-state index in [0.717, 1.165) is 24.2 Å². The smallest absolute Gasteiger partial charge is 0.258 e. The van der Waals surface area contributed by atoms with E-state index in [9.17, 15) is 0 Å². The van der Waals surface area contributed by atoms with Crippen molar-refractivity contribution in [1.29, 1.82) is 0 Å². The van der Waals surface area contributed by atoms with Gasteiger partial charge in [-0.2, -0.15) is 0 Å². The molecule has 0 atom stereocenters. The molecule has 6 nitrogen and oxygen atoms in total. The van der Waals surface area contributed by atoms with Gasteiger partial charge in [0.2, 0.25) is 0 Å². The van der Waals surface area contributed by atoms with Gasteiger partial charge in [-0.25, -0.2) is 9.97 Å². The highest BCUT2D eigenvalue weighted by Crippen LogP contribution is 2.38. The summed E-state index contributed by atoms with van der Waals surface area (Å²) in [5, 5.41) is 3.08. The van der Waals surface area contributed by atoms with Crippen LogP contribution in [0.3, 0.4) is 0 Å². The average molecular weight is 452 g/mol. The maximum absolute atomic E-state index is 5.85. The predicted octanol–water partition coefficient (Wildman–Crippen LogP) is 5.70. The molecule has 1 heterocycles. The first-order chi connectivity index (χ1) is 13.5. The maximum atomic E-state index is 5.85. The van der Waals surface area contributed by atoms with Crippen LogP contribution in [0, 0.1) is 0 Å². The van der Waals surface area contributed by atoms with Crippen LogP contribution in [0.4, 0.5) is 5.82 Å². The summed E-state index contributed by atoms with van der Waals surface area (Å²) in [6.45, 7) is 6.79. The molecule has 1 aromatic carbocycles. The summed E-state index contributed by atoms with van der Waals surface area (Å²) in [6, 6.07) is 5.69. The van der Waals surface area contributed by atoms with Gasteiger partial charge in [0.15, 0.2) is 5.82 Å². The van der Waals surface area contributed by atoms with Gasteiger partial charge in [0.25, 0.3) is 5.88 Å². The Kier molecular flexibility index (Phi) is 8.83. The van der Waals surface area contributed by atoms with E-state index < -0.39 is 0 Å². The van der Waals surface area contributed by atoms with Gasteiger partial charge in [-0.1, -0.05) is 26.2 Å². The average Bonchev–Trinajstić information content (AvgIpc) is 2.67. The quantitative estimate of drug-likeness (QED) is 0.441. The lowest BCUT2D eigenvalue weighted by Gasteiger charge is -2.16. The number of rotatable bonds is 11. The number of hydrogen-bond donors (Lipinski definition) is 1. The molecule has 1 aromatic heterocycles. The number of hydrogen-bond acceptors (Lipinski definition) is 6. The van der Waals surface area contributed by atoms with Crippen LogP contribution >= 0.6 is 15.9 Å². The molecule has 0 aliphatic heterocycles. The van der Waals surface area contributed by atoms with Crippen LogP contribution in [0.15, 0.2) is 22.8 Å². The summed E-state index contributed by atoms with van der Waals surface area (Å²) in [5.74, 6) is 2.51. The molecule has 0 aliphatic carbocycles. The Labute approximate surface area is 176 Å². The lowest BCUT2D eigenvalue weighted by molar-refractivity contribution is 0.241. The van der Waals surface area contributed by atoms with E-state index >= 15 is 0 Å². The fraction of sp³-hybridized carbons (Fsp3) is 0.524. The summed E-state index contributed by atoms with van der Waals surface area (Å²) in [4.78, 5) is 9.28. The highest BCUT2D eigenvalue weighted by atomic mass is 79.9. The van der Waals surface area contributed by atoms with Crippen molar-refractivity contribution in [2.24, 2.45) is 0 Å². The summed E-state index contributed by atoms with van der Waals surface area (Å²) in [7, 11) is 3.44. The van der Waals surface area contributed by atoms with Gasteiger partial charge in [0.1, 0.15) is 21.8 Å². The molecule has 0 aliphatic rings. The highest BCUT2D eigenvalue weighted by Gasteiger charge is 2.18. The second kappa shape index (κ2) is 11.1. The van der Waals surface area contributed by atoms with E-state index in [2.05, 4.69) is 33.2 Å². The number of halogens is 1. The summed E-state index contributed by atoms with van der Waals surface area (Å²) in [5.41, 5.74) is 1.50. The largest absolute Gasteiger partial charge is 0.496 e. The second-order valence-corrected chi connectivity index (χ2v) is 7.46. The third kappa shape index (κ3) is 5.99. The van der Waals surface area contributed by atoms with E-state index in [1.165, 1.54) is 12.8 Å². The van der Waals surface area contributed by atoms with E-state index in [4.69, 9.17) is 19.2 Å². The number of nitrogens with one attached hydrogen (secondary N) is 1. The van der Waals surface area contributed by atoms with Gasteiger partial charge in [0.05, 0.1) is 19.8 Å². The molecule has 0 radical (unpaired) electrons. The first kappa shape index (κ1) is 22.3. The normalized spacial score (nSPS) is 10.8. The molecule has 28 heavy (non-hydrogen) atoms. The van der Waals surface area contributed by atoms with Gasteiger partial charge in [-0.05, 0) is 48.3 Å². The molecule has 0 fully saturated rings. The van der Waals surface area contributed by atoms with Gasteiger partial charge < -0.3 is 19.5 Å². The molecule has 0 spiro atoms. The molecule has 0 saturated carbocycles. The van der Waals surface area contributed by atoms with Gasteiger partial charge in [0, 0.05) is 18.7 Å². The van der Waals surface area contributed by atoms with Crippen molar-refractivity contribution in [2.45, 2.75) is 52.6 Å². The monoisotopic (exact) mass is 451 g/mol. The van der Waals surface area contributed by atoms with E-state index in [-0.39, 0.29) is 6.10 Å². The van der Waals surface area contributed by atoms with Gasteiger partial charge in [-0.15, -0.1) is 0 Å². The molecule has 0 unspecified atom stereocenters. The molecule has 0 bridgehead atoms. The second-order valence-electron chi connectivity index (χ2n) is 6.70. The van der Waals surface area contributed by atoms with Crippen LogP contribution < -0.4 is 19.5 Å². The van der Waals surface area contributed by atoms with Crippen LogP contribution in [-0.4, -0.2) is 36.8 Å². The van der Waals surface area contributed by atoms with Crippen molar-refractivity contribution < 1.29 is 14.2 Å². The van der Waals surface area contributed by atoms with Crippen LogP contribution in [0.5, 0.6) is 17.4 Å². The van der Waals surface area contributed by atoms with Crippen LogP contribution in [0.2, 0.25) is 0 Å². The lowest BCUT2D eigenvalue weighted by atomic mass is 10.1. The zero-order valence-electron chi connectivity index (χ0n) is 17.3. The standard InChI is InChI=1S/C21H30BrN3O3/c1-6-7-8-9-12-27-21-20(23-4)24-18(19(22)25-21)16-11-10-15(28-14(2)3)13-17(16)26-5/h10-11,13-14H,6-9,12H2,1-5H3,(H,23,24). The Balaban J connectivity index is 2.28. The fourth-order valence-electron chi connectivity index (χ4n) is 2.75. The van der Waals surface area contributed by atoms with E-state index in [0.29, 0.717) is 34.4 Å². The molecule has 2 aromatic rings. The number of benzene rings is 1. The molecular weight excluding hydrogens is 422 g/mol. The van der Waals surface area contributed by atoms with E-state index in [1.54, 1.807) is 7.11 Å². The Morgan fingerprint density at radius 1 is 1.14 bits per heavy atom. The lowest BCUT2D eigenvalue weighted by Crippen LogP contribution is -2.07. The van der Waals surface area contributed by atoms with E-state index in [1.807, 2.05) is 39.1 Å². The van der Waals surface area contributed by atoms with Crippen LogP contribution in [0.1, 0.15) is 46.5 Å². The van der Waals surface area contributed by atoms with Crippen molar-refractivity contribution in [2.75, 3.05) is 26.1 Å². The minimum atomic E-state index is 0.0896. The summed E-state index contributed by atoms with van der Waals surface area (Å²) >= 11 is 3.54. The highest BCUT2D eigenvalue weighted by molar-refractivity contribution is 9.10. The zero-order valence-corrected chi connectivity index (χ0v) is 18.9. The molecule has 0 saturated heterocycles. The minimum absolute atomic E-state index is 0.0896. The van der Waals surface area contributed by atoms with Crippen molar-refractivity contribution in [1.82, 2.24) is 9.97 Å². The van der Waals surface area contributed by atoms with Crippen molar-refractivity contribution >= 4 is 21.7 Å². The first-order valence-electron chi connectivity index (χ1n) is 9.73. The molecular formula is C21H30BrN3O3. The van der Waals surface area contributed by atoms with Gasteiger partial charge >= 0.3 is 0 Å². The third-order valence-corrected chi connectivity index (χ3v) is 4.65. The number of anilines is 1. The molecule has 154 valence electrons. The van der Waals surface area contributed by atoms with Crippen molar-refractivity contribution in [3.05, 3.63) is 22.8 Å². The SMILES string of the molecule is CCCCCCOc1nc(Br)c(-c2ccc(OC(C)C)cc2OC)nc1NC. The number of nitrogens with zero attached hydrogens (tertiary/aromatic N) is 2. The zero-order chi connectivity index (χ0) is 20.5. The predicted molar refractivity (Wildman–Crippen MR) is 117 cm³/mol. The Morgan fingerprint density at radius 2 is 1.93 bits per heavy atom. The van der Waals surface area contributed by atoms with Crippen LogP contribution in [0.25, 0.3) is 11.3 Å². The number of unbranched alkanes of at least 4 members (excludes halogenated alkanes) is 3. The fourth-order valence-corrected chi connectivity index (χ4v) is 3.21. The van der Waals surface area contributed by atoms with Crippen LogP contribution in [-0.2, 0) is 0 Å². The third-order valence-electron chi connectivity index (χ3n) is 4.09. The molecule has 2 rings (SSSR count). The summed E-state index contributed by atoms with van der Waals surface area (Å²) in [6.07, 6.45) is 4.66. The Hall–Kier alpha value is -2.02. The van der Waals surface area contributed by atoms with Gasteiger partial charge in [-0.3, -0.25) is 0 Å². The summed E-state index contributed by atoms with van der Waals surface area (Å²) < 4.78 is 17.8. The number of ether oxygens (including phenoxy) is 3.